The molecule has 0 aliphatic carbocycles. The van der Waals surface area contributed by atoms with E-state index in [1.165, 1.54) is 18.2 Å². The number of hydrogen-bond acceptors (Lipinski definition) is 3. The number of sulfonamides is 1. The van der Waals surface area contributed by atoms with Crippen molar-refractivity contribution < 1.29 is 17.6 Å². The summed E-state index contributed by atoms with van der Waals surface area (Å²) >= 11 is 0. The average Bonchev–Trinajstić information content (AvgIpc) is 2.63. The number of nitrogens with one attached hydrogen (secondary N) is 1. The summed E-state index contributed by atoms with van der Waals surface area (Å²) < 4.78 is 41.2. The van der Waals surface area contributed by atoms with Crippen LogP contribution >= 0.6 is 0 Å². The zero-order valence-electron chi connectivity index (χ0n) is 15.4. The SMILES string of the molecule is Cc1ccc(S(=O)(=O)Nc2cccc(C(=O)N3CCCC(C)C3)c2)cc1F. The number of benzene rings is 2. The van der Waals surface area contributed by atoms with Crippen molar-refractivity contribution in [2.75, 3.05) is 17.8 Å². The molecule has 144 valence electrons. The maximum absolute atomic E-state index is 13.7. The number of carbonyl (C=O) groups excluding carboxylic acids is 1. The molecule has 0 radical (unpaired) electrons. The second-order valence-corrected chi connectivity index (χ2v) is 8.78. The quantitative estimate of drug-likeness (QED) is 0.863. The van der Waals surface area contributed by atoms with Gasteiger partial charge in [0.15, 0.2) is 0 Å². The number of nitrogens with zero attached hydrogens (tertiary/aromatic N) is 1. The summed E-state index contributed by atoms with van der Waals surface area (Å²) in [5.74, 6) is -0.231. The maximum atomic E-state index is 13.7. The summed E-state index contributed by atoms with van der Waals surface area (Å²) in [7, 11) is -3.94. The van der Waals surface area contributed by atoms with Gasteiger partial charge in [0.05, 0.1) is 4.90 Å². The highest BCUT2D eigenvalue weighted by molar-refractivity contribution is 7.92. The molecular formula is C20H23FN2O3S. The molecule has 1 N–H and O–H groups in total. The van der Waals surface area contributed by atoms with Crippen molar-refractivity contribution in [3.63, 3.8) is 0 Å². The molecule has 2 aromatic rings. The summed E-state index contributed by atoms with van der Waals surface area (Å²) in [6.45, 7) is 5.10. The van der Waals surface area contributed by atoms with Gasteiger partial charge < -0.3 is 4.90 Å². The lowest BCUT2D eigenvalue weighted by molar-refractivity contribution is 0.0683. The fourth-order valence-corrected chi connectivity index (χ4v) is 4.29. The molecule has 1 unspecified atom stereocenters. The van der Waals surface area contributed by atoms with Crippen molar-refractivity contribution in [1.82, 2.24) is 4.90 Å². The van der Waals surface area contributed by atoms with Gasteiger partial charge in [0.25, 0.3) is 15.9 Å². The van der Waals surface area contributed by atoms with E-state index in [0.29, 0.717) is 30.1 Å². The molecule has 5 nitrogen and oxygen atoms in total. The molecule has 2 aromatic carbocycles. The van der Waals surface area contributed by atoms with Gasteiger partial charge in [-0.25, -0.2) is 12.8 Å². The minimum Gasteiger partial charge on any atom is -0.338 e. The predicted molar refractivity (Wildman–Crippen MR) is 103 cm³/mol. The Labute approximate surface area is 159 Å². The summed E-state index contributed by atoms with van der Waals surface area (Å²) in [6.07, 6.45) is 2.08. The minimum absolute atomic E-state index is 0.107. The summed E-state index contributed by atoms with van der Waals surface area (Å²) in [5.41, 5.74) is 1.07. The number of carbonyl (C=O) groups is 1. The Kier molecular flexibility index (Phi) is 5.51. The lowest BCUT2D eigenvalue weighted by Gasteiger charge is -2.31. The third-order valence-corrected chi connectivity index (χ3v) is 6.14. The van der Waals surface area contributed by atoms with Gasteiger partial charge in [0.2, 0.25) is 0 Å². The molecule has 27 heavy (non-hydrogen) atoms. The minimum atomic E-state index is -3.94. The Bertz CT molecular complexity index is 959. The van der Waals surface area contributed by atoms with E-state index in [2.05, 4.69) is 11.6 Å². The first-order valence-corrected chi connectivity index (χ1v) is 10.4. The molecular weight excluding hydrogens is 367 g/mol. The van der Waals surface area contributed by atoms with Gasteiger partial charge in [-0.05, 0) is 61.6 Å². The Balaban J connectivity index is 1.80. The van der Waals surface area contributed by atoms with Gasteiger partial charge >= 0.3 is 0 Å². The number of piperidine rings is 1. The topological polar surface area (TPSA) is 66.5 Å². The second-order valence-electron chi connectivity index (χ2n) is 7.10. The summed E-state index contributed by atoms with van der Waals surface area (Å²) in [4.78, 5) is 14.4. The predicted octanol–water partition coefficient (Wildman–Crippen LogP) is 3.81. The van der Waals surface area contributed by atoms with Crippen molar-refractivity contribution in [1.29, 1.82) is 0 Å². The van der Waals surface area contributed by atoms with Crippen molar-refractivity contribution >= 4 is 21.6 Å². The zero-order valence-corrected chi connectivity index (χ0v) is 16.2. The molecule has 3 rings (SSSR count). The van der Waals surface area contributed by atoms with Crippen molar-refractivity contribution in [3.05, 3.63) is 59.4 Å². The van der Waals surface area contributed by atoms with Crippen molar-refractivity contribution in [3.8, 4) is 0 Å². The van der Waals surface area contributed by atoms with E-state index in [4.69, 9.17) is 0 Å². The smallest absolute Gasteiger partial charge is 0.261 e. The van der Waals surface area contributed by atoms with Crippen molar-refractivity contribution in [2.24, 2.45) is 5.92 Å². The van der Waals surface area contributed by atoms with E-state index in [-0.39, 0.29) is 16.5 Å². The van der Waals surface area contributed by atoms with E-state index >= 15 is 0 Å². The fourth-order valence-electron chi connectivity index (χ4n) is 3.23. The first-order valence-electron chi connectivity index (χ1n) is 8.94. The number of rotatable bonds is 4. The third kappa shape index (κ3) is 4.47. The van der Waals surface area contributed by atoms with E-state index < -0.39 is 15.8 Å². The second kappa shape index (κ2) is 7.68. The lowest BCUT2D eigenvalue weighted by Crippen LogP contribution is -2.39. The van der Waals surface area contributed by atoms with Crippen LogP contribution in [0.1, 0.15) is 35.7 Å². The van der Waals surface area contributed by atoms with E-state index in [1.807, 2.05) is 0 Å². The average molecular weight is 390 g/mol. The van der Waals surface area contributed by atoms with Crippen LogP contribution in [-0.2, 0) is 10.0 Å². The molecule has 1 atom stereocenters. The van der Waals surface area contributed by atoms with Crippen LogP contribution in [0.2, 0.25) is 0 Å². The molecule has 7 heteroatoms. The summed E-state index contributed by atoms with van der Waals surface area (Å²) in [5, 5.41) is 0. The largest absolute Gasteiger partial charge is 0.338 e. The number of anilines is 1. The van der Waals surface area contributed by atoms with E-state index in [0.717, 1.165) is 18.9 Å². The van der Waals surface area contributed by atoms with Crippen LogP contribution in [0, 0.1) is 18.7 Å². The van der Waals surface area contributed by atoms with Gasteiger partial charge in [-0.3, -0.25) is 9.52 Å². The molecule has 0 saturated carbocycles. The van der Waals surface area contributed by atoms with E-state index in [1.54, 1.807) is 30.0 Å². The number of amides is 1. The highest BCUT2D eigenvalue weighted by Crippen LogP contribution is 2.22. The molecule has 1 aliphatic heterocycles. The van der Waals surface area contributed by atoms with Crippen LogP contribution in [0.25, 0.3) is 0 Å². The first kappa shape index (κ1) is 19.4. The Morgan fingerprint density at radius 2 is 2.00 bits per heavy atom. The van der Waals surface area contributed by atoms with E-state index in [9.17, 15) is 17.6 Å². The number of halogens is 1. The Hall–Kier alpha value is -2.41. The molecule has 1 saturated heterocycles. The van der Waals surface area contributed by atoms with Crippen LogP contribution in [0.5, 0.6) is 0 Å². The number of hydrogen-bond donors (Lipinski definition) is 1. The van der Waals surface area contributed by atoms with Crippen LogP contribution in [0.4, 0.5) is 10.1 Å². The lowest BCUT2D eigenvalue weighted by atomic mass is 9.99. The highest BCUT2D eigenvalue weighted by atomic mass is 32.2. The molecule has 0 spiro atoms. The van der Waals surface area contributed by atoms with Gasteiger partial charge in [-0.1, -0.05) is 19.1 Å². The number of aryl methyl sites for hydroxylation is 1. The molecule has 0 aromatic heterocycles. The molecule has 1 amide bonds. The summed E-state index contributed by atoms with van der Waals surface area (Å²) in [6, 6.07) is 10.1. The van der Waals surface area contributed by atoms with Crippen LogP contribution in [0.3, 0.4) is 0 Å². The molecule has 0 bridgehead atoms. The van der Waals surface area contributed by atoms with Crippen molar-refractivity contribution in [2.45, 2.75) is 31.6 Å². The molecule has 1 fully saturated rings. The fraction of sp³-hybridized carbons (Fsp3) is 0.350. The standard InChI is InChI=1S/C20H23FN2O3S/c1-14-5-4-10-23(13-14)20(24)16-6-3-7-17(11-16)22-27(25,26)18-9-8-15(2)19(21)12-18/h3,6-9,11-12,14,22H,4-5,10,13H2,1-2H3. The third-order valence-electron chi connectivity index (χ3n) is 4.76. The molecule has 1 aliphatic rings. The van der Waals surface area contributed by atoms with Gasteiger partial charge in [0, 0.05) is 24.3 Å². The number of likely N-dealkylation sites (tertiary alicyclic amines) is 1. The maximum Gasteiger partial charge on any atom is 0.261 e. The van der Waals surface area contributed by atoms with Crippen LogP contribution < -0.4 is 4.72 Å². The Morgan fingerprint density at radius 3 is 2.70 bits per heavy atom. The monoisotopic (exact) mass is 390 g/mol. The van der Waals surface area contributed by atoms with Gasteiger partial charge in [-0.15, -0.1) is 0 Å². The molecule has 1 heterocycles. The van der Waals surface area contributed by atoms with Gasteiger partial charge in [0.1, 0.15) is 5.82 Å². The zero-order chi connectivity index (χ0) is 19.6. The normalized spacial score (nSPS) is 17.6. The van der Waals surface area contributed by atoms with Crippen LogP contribution in [0.15, 0.2) is 47.4 Å². The Morgan fingerprint density at radius 1 is 1.22 bits per heavy atom. The highest BCUT2D eigenvalue weighted by Gasteiger charge is 2.23. The van der Waals surface area contributed by atoms with Gasteiger partial charge in [-0.2, -0.15) is 0 Å². The van der Waals surface area contributed by atoms with Crippen LogP contribution in [-0.4, -0.2) is 32.3 Å². The first-order chi connectivity index (χ1) is 12.8.